The number of hydrogen-bond acceptors (Lipinski definition) is 4. The zero-order chi connectivity index (χ0) is 21.9. The monoisotopic (exact) mass is 462 g/mol. The van der Waals surface area contributed by atoms with Crippen molar-refractivity contribution < 1.29 is 22.5 Å². The van der Waals surface area contributed by atoms with Gasteiger partial charge in [-0.3, -0.25) is 0 Å². The average Bonchev–Trinajstić information content (AvgIpc) is 2.78. The summed E-state index contributed by atoms with van der Waals surface area (Å²) < 4.78 is 38.1. The van der Waals surface area contributed by atoms with E-state index in [-0.39, 0.29) is 4.90 Å². The maximum atomic E-state index is 12.0. The standard InChI is InChI=1S/C22H20ClO5PS/c1-28-22(24)15-16-29(23,18-9-4-2-5-10-18,19-11-6-3-7-12-19)20-13-8-14-21(17-20)30(25,26)27/h2-17H,1H3,(H,25,26,27)/b16-15-. The molecule has 30 heavy (non-hydrogen) atoms. The van der Waals surface area contributed by atoms with Crippen LogP contribution in [-0.4, -0.2) is 26.0 Å². The Morgan fingerprint density at radius 2 is 1.40 bits per heavy atom. The van der Waals surface area contributed by atoms with E-state index in [4.69, 9.17) is 16.0 Å². The van der Waals surface area contributed by atoms with E-state index in [2.05, 4.69) is 0 Å². The molecule has 0 spiro atoms. The van der Waals surface area contributed by atoms with Gasteiger partial charge < -0.3 is 0 Å². The zero-order valence-corrected chi connectivity index (χ0v) is 18.5. The first kappa shape index (κ1) is 22.2. The zero-order valence-electron chi connectivity index (χ0n) is 16.1. The van der Waals surface area contributed by atoms with Crippen molar-refractivity contribution in [2.45, 2.75) is 4.90 Å². The van der Waals surface area contributed by atoms with Crippen molar-refractivity contribution >= 4 is 49.2 Å². The Morgan fingerprint density at radius 1 is 0.900 bits per heavy atom. The van der Waals surface area contributed by atoms with Gasteiger partial charge in [-0.05, 0) is 0 Å². The average molecular weight is 463 g/mol. The summed E-state index contributed by atoms with van der Waals surface area (Å²) in [5.74, 6) is -3.01. The summed E-state index contributed by atoms with van der Waals surface area (Å²) in [7, 11) is -3.20. The summed E-state index contributed by atoms with van der Waals surface area (Å²) in [6, 6.07) is 24.1. The fourth-order valence-electron chi connectivity index (χ4n) is 3.33. The van der Waals surface area contributed by atoms with E-state index >= 15 is 0 Å². The summed E-state index contributed by atoms with van der Waals surface area (Å²) >= 11 is 7.66. The minimum atomic E-state index is -4.47. The van der Waals surface area contributed by atoms with Gasteiger partial charge in [0.1, 0.15) is 0 Å². The van der Waals surface area contributed by atoms with Crippen molar-refractivity contribution in [3.05, 3.63) is 96.8 Å². The molecule has 0 aromatic heterocycles. The number of benzene rings is 3. The number of esters is 1. The molecule has 1 N–H and O–H groups in total. The molecule has 0 aliphatic heterocycles. The summed E-state index contributed by atoms with van der Waals surface area (Å²) in [6.07, 6.45) is 1.25. The molecule has 0 aliphatic carbocycles. The molecular weight excluding hydrogens is 443 g/mol. The van der Waals surface area contributed by atoms with Gasteiger partial charge in [-0.15, -0.1) is 0 Å². The van der Waals surface area contributed by atoms with Gasteiger partial charge in [0.15, 0.2) is 0 Å². The van der Waals surface area contributed by atoms with Crippen molar-refractivity contribution in [1.29, 1.82) is 0 Å². The number of ether oxygens (including phenoxy) is 1. The van der Waals surface area contributed by atoms with Crippen LogP contribution in [0.15, 0.2) is 102 Å². The van der Waals surface area contributed by atoms with Crippen LogP contribution in [0.2, 0.25) is 0 Å². The van der Waals surface area contributed by atoms with Crippen LogP contribution in [0.25, 0.3) is 0 Å². The second kappa shape index (κ2) is 8.32. The van der Waals surface area contributed by atoms with Crippen LogP contribution < -0.4 is 15.9 Å². The first-order valence-corrected chi connectivity index (χ1v) is 13.5. The Morgan fingerprint density at radius 3 is 1.87 bits per heavy atom. The van der Waals surface area contributed by atoms with Crippen molar-refractivity contribution in [1.82, 2.24) is 0 Å². The Kier molecular flexibility index (Phi) is 6.16. The molecule has 0 radical (unpaired) electrons. The number of carbonyl (C=O) groups excluding carboxylic acids is 1. The van der Waals surface area contributed by atoms with Crippen LogP contribution >= 0.6 is 17.2 Å². The van der Waals surface area contributed by atoms with E-state index in [0.29, 0.717) is 15.9 Å². The number of carbonyl (C=O) groups is 1. The molecule has 0 saturated heterocycles. The maximum absolute atomic E-state index is 12.0. The number of halogens is 1. The minimum absolute atomic E-state index is 0.284. The van der Waals surface area contributed by atoms with E-state index in [9.17, 15) is 17.8 Å². The topological polar surface area (TPSA) is 80.7 Å². The predicted octanol–water partition coefficient (Wildman–Crippen LogP) is 3.60. The fourth-order valence-corrected chi connectivity index (χ4v) is 9.20. The summed E-state index contributed by atoms with van der Waals surface area (Å²) in [5.41, 5.74) is 0. The fraction of sp³-hybridized carbons (Fsp3) is 0.0455. The third-order valence-corrected chi connectivity index (χ3v) is 12.4. The first-order valence-electron chi connectivity index (χ1n) is 8.90. The summed E-state index contributed by atoms with van der Waals surface area (Å²) in [6.45, 7) is 0. The molecule has 0 saturated carbocycles. The van der Waals surface area contributed by atoms with Gasteiger partial charge in [0.2, 0.25) is 0 Å². The molecule has 8 heteroatoms. The van der Waals surface area contributed by atoms with Gasteiger partial charge >= 0.3 is 181 Å². The van der Waals surface area contributed by atoms with Crippen LogP contribution in [0.4, 0.5) is 0 Å². The third-order valence-electron chi connectivity index (χ3n) is 4.83. The number of rotatable bonds is 6. The van der Waals surface area contributed by atoms with Gasteiger partial charge in [0, 0.05) is 0 Å². The molecule has 3 rings (SSSR count). The van der Waals surface area contributed by atoms with Gasteiger partial charge in [-0.2, -0.15) is 0 Å². The van der Waals surface area contributed by atoms with Crippen LogP contribution in [0.5, 0.6) is 0 Å². The molecule has 156 valence electrons. The van der Waals surface area contributed by atoms with Crippen LogP contribution in [0, 0.1) is 0 Å². The SMILES string of the molecule is COC(=O)/C=C\P(Cl)(c1ccccc1)(c1ccccc1)c1cccc(S(=O)(=O)O)c1. The predicted molar refractivity (Wildman–Crippen MR) is 122 cm³/mol. The van der Waals surface area contributed by atoms with Crippen molar-refractivity contribution in [3.63, 3.8) is 0 Å². The van der Waals surface area contributed by atoms with E-state index in [1.165, 1.54) is 31.4 Å². The van der Waals surface area contributed by atoms with Crippen molar-refractivity contribution in [2.24, 2.45) is 0 Å². The Balaban J connectivity index is 2.50. The van der Waals surface area contributed by atoms with Gasteiger partial charge in [0.05, 0.1) is 0 Å². The molecule has 0 atom stereocenters. The quantitative estimate of drug-likeness (QED) is 0.262. The molecule has 0 amide bonds. The summed E-state index contributed by atoms with van der Waals surface area (Å²) in [4.78, 5) is 11.8. The van der Waals surface area contributed by atoms with Gasteiger partial charge in [-0.1, -0.05) is 0 Å². The van der Waals surface area contributed by atoms with Crippen LogP contribution in [0.1, 0.15) is 0 Å². The molecular formula is C22H20ClO5PS. The molecule has 5 nitrogen and oxygen atoms in total. The van der Waals surface area contributed by atoms with E-state index in [0.717, 1.165) is 0 Å². The molecule has 3 aromatic rings. The van der Waals surface area contributed by atoms with Gasteiger partial charge in [0.25, 0.3) is 0 Å². The first-order chi connectivity index (χ1) is 14.2. The van der Waals surface area contributed by atoms with Crippen LogP contribution in [-0.2, 0) is 19.6 Å². The van der Waals surface area contributed by atoms with E-state index in [1.807, 2.05) is 60.7 Å². The Bertz CT molecular complexity index is 1150. The normalized spacial score (nSPS) is 13.5. The van der Waals surface area contributed by atoms with Crippen molar-refractivity contribution in [3.8, 4) is 0 Å². The second-order valence-electron chi connectivity index (χ2n) is 6.56. The molecule has 0 unspecified atom stereocenters. The van der Waals surface area contributed by atoms with Gasteiger partial charge in [-0.25, -0.2) is 0 Å². The summed E-state index contributed by atoms with van der Waals surface area (Å²) in [5, 5.41) is 1.85. The van der Waals surface area contributed by atoms with Crippen LogP contribution in [0.3, 0.4) is 0 Å². The number of hydrogen-bond donors (Lipinski definition) is 1. The van der Waals surface area contributed by atoms with Crippen molar-refractivity contribution in [2.75, 3.05) is 7.11 Å². The van der Waals surface area contributed by atoms with E-state index < -0.39 is 22.0 Å². The van der Waals surface area contributed by atoms with E-state index in [1.54, 1.807) is 11.9 Å². The third kappa shape index (κ3) is 3.92. The Labute approximate surface area is 180 Å². The second-order valence-corrected chi connectivity index (χ2v) is 14.1. The Hall–Kier alpha value is -2.50. The number of methoxy groups -OCH3 is 1. The molecule has 0 bridgehead atoms. The molecule has 0 fully saturated rings. The molecule has 0 heterocycles. The molecule has 0 aliphatic rings. The molecule has 3 aromatic carbocycles.